The second kappa shape index (κ2) is 10.5. The summed E-state index contributed by atoms with van der Waals surface area (Å²) in [6.07, 6.45) is 13.2. The Hall–Kier alpha value is -4.52. The lowest BCUT2D eigenvalue weighted by atomic mass is 9.80. The third kappa shape index (κ3) is 3.76. The topological polar surface area (TPSA) is 78.0 Å². The summed E-state index contributed by atoms with van der Waals surface area (Å²) in [6.45, 7) is 1.79. The maximum atomic E-state index is 14.5. The Kier molecular flexibility index (Phi) is 6.22. The van der Waals surface area contributed by atoms with Crippen LogP contribution in [0.5, 0.6) is 0 Å². The van der Waals surface area contributed by atoms with Gasteiger partial charge in [0.25, 0.3) is 23.6 Å². The lowest BCUT2D eigenvalue weighted by molar-refractivity contribution is 0.0487. The molecule has 0 N–H and O–H groups in total. The molecule has 0 bridgehead atoms. The quantitative estimate of drug-likeness (QED) is 0.113. The molecule has 5 aromatic rings. The maximum absolute atomic E-state index is 14.5. The van der Waals surface area contributed by atoms with Crippen molar-refractivity contribution in [1.29, 1.82) is 0 Å². The fraction of sp³-hybridized carbons (Fsp3) is 0.415. The van der Waals surface area contributed by atoms with E-state index < -0.39 is 0 Å². The van der Waals surface area contributed by atoms with E-state index in [9.17, 15) is 19.2 Å². The summed E-state index contributed by atoms with van der Waals surface area (Å²) >= 11 is 0. The summed E-state index contributed by atoms with van der Waals surface area (Å²) in [6, 6.07) is 13.9. The van der Waals surface area contributed by atoms with Crippen molar-refractivity contribution in [2.75, 3.05) is 18.0 Å². The molecule has 7 nitrogen and oxygen atoms in total. The number of benzene rings is 5. The van der Waals surface area contributed by atoms with Crippen LogP contribution in [0.15, 0.2) is 42.5 Å². The van der Waals surface area contributed by atoms with Crippen molar-refractivity contribution in [3.8, 4) is 0 Å². The normalized spacial score (nSPS) is 21.2. The highest BCUT2D eigenvalue weighted by atomic mass is 16.2. The number of imide groups is 2. The molecule has 1 saturated heterocycles. The molecule has 10 rings (SSSR count). The Balaban J connectivity index is 1.28. The van der Waals surface area contributed by atoms with Gasteiger partial charge >= 0.3 is 0 Å². The Labute approximate surface area is 279 Å². The van der Waals surface area contributed by atoms with Crippen LogP contribution in [0.2, 0.25) is 0 Å². The summed E-state index contributed by atoms with van der Waals surface area (Å²) in [5, 5.41) is 7.28. The largest absolute Gasteiger partial charge is 0.371 e. The molecule has 3 heterocycles. The average Bonchev–Trinajstić information content (AvgIpc) is 3.13. The van der Waals surface area contributed by atoms with Gasteiger partial charge < -0.3 is 4.90 Å². The highest BCUT2D eigenvalue weighted by Crippen LogP contribution is 2.50. The van der Waals surface area contributed by atoms with E-state index >= 15 is 0 Å². The Morgan fingerprint density at radius 2 is 0.854 bits per heavy atom. The standard InChI is InChI=1S/C41H39N3O4/c45-38-28-17-14-25-26-15-18-30-35-31(41(48)44(40(30)47)24-12-6-2-7-13-24)22-32(42-20-8-3-9-21-42)36(37(26)35)27-16-19-29(34(28)33(25)27)39(46)43(38)23-10-4-1-5-11-23/h14-19,22-24H,1-13,20-21H2. The van der Waals surface area contributed by atoms with E-state index in [1.54, 1.807) is 9.80 Å². The fourth-order valence-corrected chi connectivity index (χ4v) is 10.1. The molecule has 4 amide bonds. The average molecular weight is 638 g/mol. The molecule has 0 spiro atoms. The zero-order chi connectivity index (χ0) is 32.3. The van der Waals surface area contributed by atoms with Crippen molar-refractivity contribution in [2.45, 2.75) is 95.6 Å². The van der Waals surface area contributed by atoms with Gasteiger partial charge in [-0.3, -0.25) is 29.0 Å². The Morgan fingerprint density at radius 3 is 1.40 bits per heavy atom. The van der Waals surface area contributed by atoms with Crippen molar-refractivity contribution in [1.82, 2.24) is 9.80 Å². The van der Waals surface area contributed by atoms with Crippen LogP contribution in [0, 0.1) is 0 Å². The molecule has 5 aliphatic rings. The van der Waals surface area contributed by atoms with Gasteiger partial charge in [0.1, 0.15) is 0 Å². The Morgan fingerprint density at radius 1 is 0.417 bits per heavy atom. The number of carbonyl (C=O) groups is 4. The zero-order valence-electron chi connectivity index (χ0n) is 27.3. The SMILES string of the molecule is O=C1c2ccc3c4ccc5c6c(cc(N7CCCCC7)c(c7ccc(c2c37)C(=O)N1C1CCCCC1)c64)C(=O)N(C1CCCCC1)C5=O. The van der Waals surface area contributed by atoms with E-state index in [2.05, 4.69) is 17.0 Å². The van der Waals surface area contributed by atoms with Crippen LogP contribution in [0.25, 0.3) is 43.1 Å². The molecule has 2 aliphatic carbocycles. The smallest absolute Gasteiger partial charge is 0.261 e. The van der Waals surface area contributed by atoms with Gasteiger partial charge in [0.05, 0.1) is 5.56 Å². The first-order chi connectivity index (χ1) is 23.5. The van der Waals surface area contributed by atoms with Crippen LogP contribution in [0.3, 0.4) is 0 Å². The number of rotatable bonds is 3. The third-order valence-corrected chi connectivity index (χ3v) is 12.4. The van der Waals surface area contributed by atoms with Gasteiger partial charge in [-0.1, -0.05) is 56.7 Å². The van der Waals surface area contributed by atoms with Crippen LogP contribution >= 0.6 is 0 Å². The Bertz CT molecular complexity index is 2210. The number of nitrogens with zero attached hydrogens (tertiary/aromatic N) is 3. The van der Waals surface area contributed by atoms with Gasteiger partial charge in [0, 0.05) is 69.1 Å². The monoisotopic (exact) mass is 637 g/mol. The lowest BCUT2D eigenvalue weighted by Gasteiger charge is -2.38. The van der Waals surface area contributed by atoms with E-state index in [4.69, 9.17) is 0 Å². The highest BCUT2D eigenvalue weighted by Gasteiger charge is 2.42. The van der Waals surface area contributed by atoms with Crippen molar-refractivity contribution >= 4 is 72.4 Å². The molecule has 0 unspecified atom stereocenters. The number of carbonyl (C=O) groups excluding carboxylic acids is 4. The van der Waals surface area contributed by atoms with Crippen molar-refractivity contribution < 1.29 is 19.2 Å². The van der Waals surface area contributed by atoms with Crippen LogP contribution in [0.1, 0.15) is 125 Å². The summed E-state index contributed by atoms with van der Waals surface area (Å²) in [7, 11) is 0. The molecule has 0 atom stereocenters. The van der Waals surface area contributed by atoms with Crippen LogP contribution < -0.4 is 4.90 Å². The minimum absolute atomic E-state index is 0.0555. The van der Waals surface area contributed by atoms with E-state index in [1.165, 1.54) is 6.42 Å². The predicted octanol–water partition coefficient (Wildman–Crippen LogP) is 8.58. The summed E-state index contributed by atoms with van der Waals surface area (Å²) in [4.78, 5) is 62.6. The molecule has 3 aliphatic heterocycles. The fourth-order valence-electron chi connectivity index (χ4n) is 10.1. The van der Waals surface area contributed by atoms with Gasteiger partial charge in [-0.2, -0.15) is 0 Å². The number of amides is 4. The van der Waals surface area contributed by atoms with Crippen molar-refractivity contribution in [3.05, 3.63) is 64.7 Å². The number of hydrogen-bond donors (Lipinski definition) is 0. The molecule has 48 heavy (non-hydrogen) atoms. The van der Waals surface area contributed by atoms with E-state index in [1.807, 2.05) is 30.3 Å². The molecule has 2 saturated carbocycles. The molecular weight excluding hydrogens is 598 g/mol. The molecule has 242 valence electrons. The number of hydrogen-bond acceptors (Lipinski definition) is 5. The predicted molar refractivity (Wildman–Crippen MR) is 188 cm³/mol. The third-order valence-electron chi connectivity index (χ3n) is 12.4. The molecule has 0 aromatic heterocycles. The first-order valence-electron chi connectivity index (χ1n) is 18.3. The molecule has 5 aromatic carbocycles. The van der Waals surface area contributed by atoms with Gasteiger partial charge in [-0.05, 0) is 90.8 Å². The second-order valence-electron chi connectivity index (χ2n) is 14.9. The lowest BCUT2D eigenvalue weighted by Crippen LogP contribution is -2.48. The maximum Gasteiger partial charge on any atom is 0.261 e. The summed E-state index contributed by atoms with van der Waals surface area (Å²) in [5.74, 6) is -0.724. The van der Waals surface area contributed by atoms with Crippen molar-refractivity contribution in [3.63, 3.8) is 0 Å². The van der Waals surface area contributed by atoms with Gasteiger partial charge in [0.2, 0.25) is 0 Å². The summed E-state index contributed by atoms with van der Waals surface area (Å²) in [5.41, 5.74) is 3.43. The van der Waals surface area contributed by atoms with Gasteiger partial charge in [-0.15, -0.1) is 0 Å². The molecular formula is C41H39N3O4. The first kappa shape index (κ1) is 28.5. The molecule has 7 heteroatoms. The van der Waals surface area contributed by atoms with Crippen LogP contribution in [0.4, 0.5) is 5.69 Å². The minimum atomic E-state index is -0.186. The number of piperidine rings is 1. The molecule has 0 radical (unpaired) electrons. The first-order valence-corrected chi connectivity index (χ1v) is 18.3. The van der Waals surface area contributed by atoms with E-state index in [-0.39, 0.29) is 35.7 Å². The van der Waals surface area contributed by atoms with Crippen molar-refractivity contribution in [2.24, 2.45) is 0 Å². The molecule has 3 fully saturated rings. The van der Waals surface area contributed by atoms with E-state index in [0.29, 0.717) is 22.3 Å². The van der Waals surface area contributed by atoms with Gasteiger partial charge in [0.15, 0.2) is 0 Å². The van der Waals surface area contributed by atoms with E-state index in [0.717, 1.165) is 139 Å². The van der Waals surface area contributed by atoms with Gasteiger partial charge in [-0.25, -0.2) is 0 Å². The van der Waals surface area contributed by atoms with Crippen LogP contribution in [-0.2, 0) is 0 Å². The second-order valence-corrected chi connectivity index (χ2v) is 14.9. The van der Waals surface area contributed by atoms with Crippen LogP contribution in [-0.4, -0.2) is 58.6 Å². The number of fused-ring (bicyclic) bond motifs is 2. The minimum Gasteiger partial charge on any atom is -0.371 e. The zero-order valence-corrected chi connectivity index (χ0v) is 27.3. The highest BCUT2D eigenvalue weighted by molar-refractivity contribution is 6.43. The summed E-state index contributed by atoms with van der Waals surface area (Å²) < 4.78 is 0. The number of anilines is 1.